The number of urea groups is 1. The molecule has 1 heterocycles. The van der Waals surface area contributed by atoms with Gasteiger partial charge in [0, 0.05) is 30.5 Å². The molecule has 26 heavy (non-hydrogen) atoms. The van der Waals surface area contributed by atoms with Gasteiger partial charge < -0.3 is 21.3 Å². The lowest BCUT2D eigenvalue weighted by molar-refractivity contribution is -0.129. The van der Waals surface area contributed by atoms with Crippen molar-refractivity contribution in [3.05, 3.63) is 59.9 Å². The standard InChI is InChI=1S/C19H21FN4O2/c20-14-3-7-16(8-4-14)22-19(26)23-17-9-10-24(12-17)18(25)11-13-1-5-15(21)6-2-13/h1-8,17H,9-12,21H2,(H2,22,23,26). The number of likely N-dealkylation sites (tertiary alicyclic amines) is 1. The summed E-state index contributed by atoms with van der Waals surface area (Å²) >= 11 is 0. The fourth-order valence-electron chi connectivity index (χ4n) is 2.91. The predicted octanol–water partition coefficient (Wildman–Crippen LogP) is 2.37. The molecule has 1 aliphatic rings. The second kappa shape index (κ2) is 7.86. The van der Waals surface area contributed by atoms with Crippen molar-refractivity contribution in [3.8, 4) is 0 Å². The molecule has 0 saturated carbocycles. The molecule has 4 N–H and O–H groups in total. The Morgan fingerprint density at radius 2 is 1.81 bits per heavy atom. The monoisotopic (exact) mass is 356 g/mol. The fourth-order valence-corrected chi connectivity index (χ4v) is 2.91. The van der Waals surface area contributed by atoms with Gasteiger partial charge in [0.1, 0.15) is 5.82 Å². The summed E-state index contributed by atoms with van der Waals surface area (Å²) in [5.41, 5.74) is 7.74. The third kappa shape index (κ3) is 4.72. The van der Waals surface area contributed by atoms with Gasteiger partial charge in [-0.15, -0.1) is 0 Å². The number of rotatable bonds is 4. The van der Waals surface area contributed by atoms with Crippen LogP contribution in [0.3, 0.4) is 0 Å². The normalized spacial score (nSPS) is 16.3. The third-order valence-electron chi connectivity index (χ3n) is 4.31. The van der Waals surface area contributed by atoms with Gasteiger partial charge in [-0.05, 0) is 48.4 Å². The molecule has 136 valence electrons. The predicted molar refractivity (Wildman–Crippen MR) is 98.1 cm³/mol. The maximum Gasteiger partial charge on any atom is 0.319 e. The number of benzene rings is 2. The number of hydrogen-bond donors (Lipinski definition) is 3. The molecule has 1 atom stereocenters. The Balaban J connectivity index is 1.47. The number of anilines is 2. The van der Waals surface area contributed by atoms with Crippen LogP contribution in [0.25, 0.3) is 0 Å². The highest BCUT2D eigenvalue weighted by molar-refractivity contribution is 5.89. The Kier molecular flexibility index (Phi) is 5.36. The minimum absolute atomic E-state index is 0.0259. The summed E-state index contributed by atoms with van der Waals surface area (Å²) in [6, 6.07) is 12.3. The summed E-state index contributed by atoms with van der Waals surface area (Å²) < 4.78 is 12.9. The molecule has 0 aromatic heterocycles. The summed E-state index contributed by atoms with van der Waals surface area (Å²) in [6.07, 6.45) is 1.01. The van der Waals surface area contributed by atoms with E-state index in [2.05, 4.69) is 10.6 Å². The Bertz CT molecular complexity index is 777. The van der Waals surface area contributed by atoms with Crippen molar-refractivity contribution < 1.29 is 14.0 Å². The van der Waals surface area contributed by atoms with Crippen LogP contribution in [-0.2, 0) is 11.2 Å². The Morgan fingerprint density at radius 3 is 2.50 bits per heavy atom. The van der Waals surface area contributed by atoms with Crippen molar-refractivity contribution in [1.29, 1.82) is 0 Å². The highest BCUT2D eigenvalue weighted by Crippen LogP contribution is 2.14. The minimum atomic E-state index is -0.366. The smallest absolute Gasteiger partial charge is 0.319 e. The molecule has 1 aliphatic heterocycles. The van der Waals surface area contributed by atoms with E-state index in [1.807, 2.05) is 12.1 Å². The summed E-state index contributed by atoms with van der Waals surface area (Å²) in [5.74, 6) is -0.333. The number of nitrogen functional groups attached to an aromatic ring is 1. The number of nitrogens with one attached hydrogen (secondary N) is 2. The Morgan fingerprint density at radius 1 is 1.12 bits per heavy atom. The first kappa shape index (κ1) is 17.7. The maximum absolute atomic E-state index is 12.9. The first-order valence-corrected chi connectivity index (χ1v) is 8.45. The quantitative estimate of drug-likeness (QED) is 0.735. The molecule has 7 heteroatoms. The van der Waals surface area contributed by atoms with Gasteiger partial charge in [0.05, 0.1) is 6.42 Å². The van der Waals surface area contributed by atoms with Crippen LogP contribution >= 0.6 is 0 Å². The summed E-state index contributed by atoms with van der Waals surface area (Å²) in [6.45, 7) is 1.08. The van der Waals surface area contributed by atoms with Crippen molar-refractivity contribution in [1.82, 2.24) is 10.2 Å². The topological polar surface area (TPSA) is 87.5 Å². The van der Waals surface area contributed by atoms with E-state index in [1.54, 1.807) is 17.0 Å². The summed E-state index contributed by atoms with van der Waals surface area (Å²) in [7, 11) is 0. The number of halogens is 1. The molecule has 3 amide bonds. The Labute approximate surface area is 151 Å². The molecular formula is C19H21FN4O2. The number of carbonyl (C=O) groups is 2. The first-order valence-electron chi connectivity index (χ1n) is 8.45. The molecule has 1 saturated heterocycles. The lowest BCUT2D eigenvalue weighted by atomic mass is 10.1. The average molecular weight is 356 g/mol. The highest BCUT2D eigenvalue weighted by atomic mass is 19.1. The molecule has 2 aromatic rings. The molecule has 3 rings (SSSR count). The van der Waals surface area contributed by atoms with E-state index in [-0.39, 0.29) is 23.8 Å². The lowest BCUT2D eigenvalue weighted by Gasteiger charge is -2.17. The van der Waals surface area contributed by atoms with Gasteiger partial charge in [-0.25, -0.2) is 9.18 Å². The Hall–Kier alpha value is -3.09. The molecule has 1 unspecified atom stereocenters. The zero-order valence-corrected chi connectivity index (χ0v) is 14.2. The molecule has 6 nitrogen and oxygen atoms in total. The number of carbonyl (C=O) groups excluding carboxylic acids is 2. The zero-order chi connectivity index (χ0) is 18.5. The van der Waals surface area contributed by atoms with Crippen LogP contribution in [0, 0.1) is 5.82 Å². The largest absolute Gasteiger partial charge is 0.399 e. The average Bonchev–Trinajstić information content (AvgIpc) is 3.07. The van der Waals surface area contributed by atoms with E-state index in [4.69, 9.17) is 5.73 Å². The van der Waals surface area contributed by atoms with Crippen molar-refractivity contribution in [2.45, 2.75) is 18.9 Å². The van der Waals surface area contributed by atoms with Crippen LogP contribution in [0.2, 0.25) is 0 Å². The number of nitrogens with zero attached hydrogens (tertiary/aromatic N) is 1. The van der Waals surface area contributed by atoms with Gasteiger partial charge in [0.2, 0.25) is 5.91 Å². The molecule has 1 fully saturated rings. The number of hydrogen-bond acceptors (Lipinski definition) is 3. The van der Waals surface area contributed by atoms with Crippen molar-refractivity contribution in [3.63, 3.8) is 0 Å². The van der Waals surface area contributed by atoms with Crippen LogP contribution in [-0.4, -0.2) is 36.0 Å². The van der Waals surface area contributed by atoms with Crippen molar-refractivity contribution >= 4 is 23.3 Å². The minimum Gasteiger partial charge on any atom is -0.399 e. The number of nitrogens with two attached hydrogens (primary N) is 1. The molecule has 0 aliphatic carbocycles. The first-order chi connectivity index (χ1) is 12.5. The molecule has 2 aromatic carbocycles. The van der Waals surface area contributed by atoms with Crippen LogP contribution in [0.4, 0.5) is 20.6 Å². The van der Waals surface area contributed by atoms with Crippen molar-refractivity contribution in [2.75, 3.05) is 24.1 Å². The fraction of sp³-hybridized carbons (Fsp3) is 0.263. The van der Waals surface area contributed by atoms with Gasteiger partial charge in [-0.3, -0.25) is 4.79 Å². The van der Waals surface area contributed by atoms with Gasteiger partial charge in [-0.1, -0.05) is 12.1 Å². The van der Waals surface area contributed by atoms with Crippen LogP contribution < -0.4 is 16.4 Å². The van der Waals surface area contributed by atoms with E-state index in [0.29, 0.717) is 37.3 Å². The van der Waals surface area contributed by atoms with E-state index >= 15 is 0 Å². The summed E-state index contributed by atoms with van der Waals surface area (Å²) in [5, 5.41) is 5.50. The van der Waals surface area contributed by atoms with Gasteiger partial charge in [-0.2, -0.15) is 0 Å². The van der Waals surface area contributed by atoms with Gasteiger partial charge in [0.15, 0.2) is 0 Å². The van der Waals surface area contributed by atoms with E-state index < -0.39 is 0 Å². The van der Waals surface area contributed by atoms with Crippen LogP contribution in [0.15, 0.2) is 48.5 Å². The SMILES string of the molecule is Nc1ccc(CC(=O)N2CCC(NC(=O)Nc3ccc(F)cc3)C2)cc1. The lowest BCUT2D eigenvalue weighted by Crippen LogP contribution is -2.40. The second-order valence-corrected chi connectivity index (χ2v) is 6.35. The summed E-state index contributed by atoms with van der Waals surface area (Å²) in [4.78, 5) is 26.2. The van der Waals surface area contributed by atoms with Crippen LogP contribution in [0.1, 0.15) is 12.0 Å². The molecule has 0 spiro atoms. The van der Waals surface area contributed by atoms with Crippen molar-refractivity contribution in [2.24, 2.45) is 0 Å². The highest BCUT2D eigenvalue weighted by Gasteiger charge is 2.27. The van der Waals surface area contributed by atoms with E-state index in [9.17, 15) is 14.0 Å². The van der Waals surface area contributed by atoms with Gasteiger partial charge in [0.25, 0.3) is 0 Å². The zero-order valence-electron chi connectivity index (χ0n) is 14.2. The van der Waals surface area contributed by atoms with Crippen LogP contribution in [0.5, 0.6) is 0 Å². The molecule has 0 radical (unpaired) electrons. The van der Waals surface area contributed by atoms with E-state index in [1.165, 1.54) is 24.3 Å². The third-order valence-corrected chi connectivity index (χ3v) is 4.31. The van der Waals surface area contributed by atoms with E-state index in [0.717, 1.165) is 5.56 Å². The van der Waals surface area contributed by atoms with Gasteiger partial charge >= 0.3 is 6.03 Å². The number of amides is 3. The molecule has 0 bridgehead atoms. The second-order valence-electron chi connectivity index (χ2n) is 6.35. The maximum atomic E-state index is 12.9. The molecular weight excluding hydrogens is 335 g/mol.